The van der Waals surface area contributed by atoms with Crippen LogP contribution in [0.4, 0.5) is 0 Å². The molecule has 7 nitrogen and oxygen atoms in total. The quantitative estimate of drug-likeness (QED) is 0.736. The van der Waals surface area contributed by atoms with Crippen LogP contribution in [0.5, 0.6) is 0 Å². The number of rotatable bonds is 6. The van der Waals surface area contributed by atoms with Gasteiger partial charge in [0.1, 0.15) is 19.6 Å². The molecular formula is C17H23N6O+. The molecule has 126 valence electrons. The molecule has 3 heterocycles. The summed E-state index contributed by atoms with van der Waals surface area (Å²) >= 11 is 0. The lowest BCUT2D eigenvalue weighted by atomic mass is 10.1. The zero-order valence-corrected chi connectivity index (χ0v) is 14.3. The molecule has 3 rings (SSSR count). The van der Waals surface area contributed by atoms with Gasteiger partial charge >= 0.3 is 0 Å². The molecule has 0 amide bonds. The topological polar surface area (TPSA) is 74.1 Å². The second kappa shape index (κ2) is 6.92. The molecule has 0 aliphatic heterocycles. The summed E-state index contributed by atoms with van der Waals surface area (Å²) in [6, 6.07) is 7.95. The van der Waals surface area contributed by atoms with E-state index < -0.39 is 0 Å². The monoisotopic (exact) mass is 327 g/mol. The Morgan fingerprint density at radius 3 is 2.67 bits per heavy atom. The minimum absolute atomic E-state index is 0.150. The number of tetrazole rings is 1. The Hall–Kier alpha value is -2.54. The van der Waals surface area contributed by atoms with Gasteiger partial charge in [-0.25, -0.2) is 4.68 Å². The van der Waals surface area contributed by atoms with Gasteiger partial charge < -0.3 is 9.32 Å². The number of hydrogen-bond donors (Lipinski definition) is 1. The number of furan rings is 1. The van der Waals surface area contributed by atoms with E-state index in [4.69, 9.17) is 4.42 Å². The third kappa shape index (κ3) is 4.05. The Morgan fingerprint density at radius 1 is 1.12 bits per heavy atom. The summed E-state index contributed by atoms with van der Waals surface area (Å²) in [4.78, 5) is 5.50. The molecule has 0 aliphatic carbocycles. The fraction of sp³-hybridized carbons (Fsp3) is 0.412. The fourth-order valence-corrected chi connectivity index (χ4v) is 2.70. The molecule has 0 bridgehead atoms. The number of quaternary nitrogens is 1. The number of nitrogens with one attached hydrogen (secondary N) is 1. The Kier molecular flexibility index (Phi) is 4.71. The molecule has 0 spiro atoms. The molecule has 0 saturated carbocycles. The molecule has 1 N–H and O–H groups in total. The summed E-state index contributed by atoms with van der Waals surface area (Å²) in [5.74, 6) is 1.82. The third-order valence-electron chi connectivity index (χ3n) is 3.76. The molecule has 0 radical (unpaired) electrons. The summed E-state index contributed by atoms with van der Waals surface area (Å²) in [5, 5.41) is 12.2. The predicted molar refractivity (Wildman–Crippen MR) is 87.8 cm³/mol. The van der Waals surface area contributed by atoms with E-state index in [1.807, 2.05) is 29.1 Å². The van der Waals surface area contributed by atoms with Gasteiger partial charge in [-0.2, -0.15) is 0 Å². The van der Waals surface area contributed by atoms with Crippen LogP contribution in [0, 0.1) is 0 Å². The summed E-state index contributed by atoms with van der Waals surface area (Å²) in [6.07, 6.45) is 5.39. The Labute approximate surface area is 141 Å². The number of nitrogens with zero attached hydrogens (tertiary/aromatic N) is 5. The summed E-state index contributed by atoms with van der Waals surface area (Å²) in [7, 11) is 0. The van der Waals surface area contributed by atoms with E-state index in [-0.39, 0.29) is 5.54 Å². The van der Waals surface area contributed by atoms with E-state index in [1.165, 1.54) is 10.5 Å². The highest BCUT2D eigenvalue weighted by atomic mass is 16.3. The lowest BCUT2D eigenvalue weighted by Gasteiger charge is -2.22. The summed E-state index contributed by atoms with van der Waals surface area (Å²) in [6.45, 7) is 8.59. The minimum Gasteiger partial charge on any atom is -0.463 e. The summed E-state index contributed by atoms with van der Waals surface area (Å²) in [5.41, 5.74) is 1.02. The minimum atomic E-state index is -0.150. The average Bonchev–Trinajstić information content (AvgIpc) is 3.19. The smallest absolute Gasteiger partial charge is 0.206 e. The van der Waals surface area contributed by atoms with Crippen molar-refractivity contribution in [2.24, 2.45) is 0 Å². The van der Waals surface area contributed by atoms with Crippen LogP contribution in [-0.4, -0.2) is 25.2 Å². The highest BCUT2D eigenvalue weighted by Crippen LogP contribution is 2.12. The molecule has 3 aromatic rings. The third-order valence-corrected chi connectivity index (χ3v) is 3.76. The first-order chi connectivity index (χ1) is 11.5. The van der Waals surface area contributed by atoms with Crippen molar-refractivity contribution in [1.29, 1.82) is 0 Å². The average molecular weight is 327 g/mol. The van der Waals surface area contributed by atoms with Crippen LogP contribution in [0.15, 0.2) is 47.3 Å². The number of aromatic nitrogens is 5. The highest BCUT2D eigenvalue weighted by molar-refractivity contribution is 5.06. The van der Waals surface area contributed by atoms with Crippen molar-refractivity contribution in [3.05, 3.63) is 60.1 Å². The Morgan fingerprint density at radius 2 is 2.00 bits per heavy atom. The van der Waals surface area contributed by atoms with E-state index in [0.29, 0.717) is 6.54 Å². The van der Waals surface area contributed by atoms with Gasteiger partial charge in [-0.3, -0.25) is 4.98 Å². The molecule has 24 heavy (non-hydrogen) atoms. The van der Waals surface area contributed by atoms with Crippen LogP contribution in [0.2, 0.25) is 0 Å². The number of pyridine rings is 1. The molecule has 1 atom stereocenters. The maximum atomic E-state index is 5.52. The first-order valence-corrected chi connectivity index (χ1v) is 8.05. The molecular weight excluding hydrogens is 304 g/mol. The van der Waals surface area contributed by atoms with Gasteiger partial charge in [0.25, 0.3) is 0 Å². The normalized spacial score (nSPS) is 13.1. The van der Waals surface area contributed by atoms with Gasteiger partial charge in [0, 0.05) is 18.0 Å². The van der Waals surface area contributed by atoms with Crippen LogP contribution in [-0.2, 0) is 25.2 Å². The lowest BCUT2D eigenvalue weighted by Crippen LogP contribution is -3.08. The maximum Gasteiger partial charge on any atom is 0.206 e. The molecule has 7 heteroatoms. The molecule has 3 aromatic heterocycles. The molecule has 1 unspecified atom stereocenters. The predicted octanol–water partition coefficient (Wildman–Crippen LogP) is 1.20. The largest absolute Gasteiger partial charge is 0.463 e. The molecule has 0 fully saturated rings. The SMILES string of the molecule is CC(C)(C)n1nnnc1C[NH+](Cc1cccnc1)Cc1ccco1. The molecule has 0 aliphatic rings. The second-order valence-corrected chi connectivity index (χ2v) is 6.90. The van der Waals surface area contributed by atoms with E-state index in [0.717, 1.165) is 24.7 Å². The van der Waals surface area contributed by atoms with Gasteiger partial charge in [-0.05, 0) is 49.4 Å². The zero-order valence-electron chi connectivity index (χ0n) is 14.3. The van der Waals surface area contributed by atoms with Crippen molar-refractivity contribution in [2.75, 3.05) is 0 Å². The lowest BCUT2D eigenvalue weighted by molar-refractivity contribution is -0.942. The maximum absolute atomic E-state index is 5.52. The van der Waals surface area contributed by atoms with Gasteiger partial charge in [0.15, 0.2) is 5.76 Å². The van der Waals surface area contributed by atoms with Gasteiger partial charge in [0.2, 0.25) is 5.82 Å². The van der Waals surface area contributed by atoms with Crippen molar-refractivity contribution in [1.82, 2.24) is 25.2 Å². The van der Waals surface area contributed by atoms with Crippen LogP contribution in [0.1, 0.15) is 37.9 Å². The van der Waals surface area contributed by atoms with Crippen molar-refractivity contribution in [3.63, 3.8) is 0 Å². The Balaban J connectivity index is 1.81. The first kappa shape index (κ1) is 16.3. The van der Waals surface area contributed by atoms with E-state index in [9.17, 15) is 0 Å². The number of hydrogen-bond acceptors (Lipinski definition) is 5. The van der Waals surface area contributed by atoms with Crippen molar-refractivity contribution in [3.8, 4) is 0 Å². The van der Waals surface area contributed by atoms with Crippen molar-refractivity contribution in [2.45, 2.75) is 45.9 Å². The van der Waals surface area contributed by atoms with Crippen LogP contribution >= 0.6 is 0 Å². The van der Waals surface area contributed by atoms with Gasteiger partial charge in [0.05, 0.1) is 11.8 Å². The van der Waals surface area contributed by atoms with Crippen LogP contribution in [0.25, 0.3) is 0 Å². The van der Waals surface area contributed by atoms with Crippen molar-refractivity contribution >= 4 is 0 Å². The molecule has 0 saturated heterocycles. The Bertz CT molecular complexity index is 745. The van der Waals surface area contributed by atoms with E-state index in [2.05, 4.69) is 47.3 Å². The van der Waals surface area contributed by atoms with Crippen LogP contribution in [0.3, 0.4) is 0 Å². The van der Waals surface area contributed by atoms with E-state index >= 15 is 0 Å². The first-order valence-electron chi connectivity index (χ1n) is 8.05. The van der Waals surface area contributed by atoms with Crippen molar-refractivity contribution < 1.29 is 9.32 Å². The zero-order chi connectivity index (χ0) is 17.0. The van der Waals surface area contributed by atoms with E-state index in [1.54, 1.807) is 12.5 Å². The van der Waals surface area contributed by atoms with Gasteiger partial charge in [-0.15, -0.1) is 5.10 Å². The fourth-order valence-electron chi connectivity index (χ4n) is 2.70. The van der Waals surface area contributed by atoms with Gasteiger partial charge in [-0.1, -0.05) is 6.07 Å². The van der Waals surface area contributed by atoms with Crippen LogP contribution < -0.4 is 4.90 Å². The summed E-state index contributed by atoms with van der Waals surface area (Å²) < 4.78 is 7.41. The highest BCUT2D eigenvalue weighted by Gasteiger charge is 2.23. The standard InChI is InChI=1S/C17H22N6O/c1-17(2,3)23-16(19-20-21-23)13-22(12-15-7-5-9-24-15)11-14-6-4-8-18-10-14/h4-10H,11-13H2,1-3H3/p+1. The molecule has 0 aromatic carbocycles. The second-order valence-electron chi connectivity index (χ2n) is 6.90.